The summed E-state index contributed by atoms with van der Waals surface area (Å²) in [6.07, 6.45) is 0.484. The monoisotopic (exact) mass is 356 g/mol. The Hall–Kier alpha value is -2.24. The highest BCUT2D eigenvalue weighted by molar-refractivity contribution is 5.94. The summed E-state index contributed by atoms with van der Waals surface area (Å²) in [4.78, 5) is 14.6. The van der Waals surface area contributed by atoms with Crippen molar-refractivity contribution in [2.24, 2.45) is 0 Å². The predicted molar refractivity (Wildman–Crippen MR) is 99.3 cm³/mol. The van der Waals surface area contributed by atoms with Gasteiger partial charge in [-0.2, -0.15) is 0 Å². The molecule has 1 amide bonds. The summed E-state index contributed by atoms with van der Waals surface area (Å²) in [5.41, 5.74) is 2.52. The second-order valence-electron chi connectivity index (χ2n) is 6.96. The largest absolute Gasteiger partial charge is 0.373 e. The summed E-state index contributed by atoms with van der Waals surface area (Å²) in [7, 11) is 0. The first-order valence-corrected chi connectivity index (χ1v) is 8.99. The zero-order valence-corrected chi connectivity index (χ0v) is 15.2. The number of hydrogen-bond donors (Lipinski definition) is 1. The van der Waals surface area contributed by atoms with Gasteiger partial charge in [0.1, 0.15) is 5.82 Å². The molecule has 1 aliphatic rings. The molecule has 2 unspecified atom stereocenters. The van der Waals surface area contributed by atoms with Gasteiger partial charge in [0.15, 0.2) is 0 Å². The van der Waals surface area contributed by atoms with Gasteiger partial charge in [-0.25, -0.2) is 4.39 Å². The molecule has 0 aromatic heterocycles. The van der Waals surface area contributed by atoms with Crippen LogP contribution in [0.2, 0.25) is 0 Å². The van der Waals surface area contributed by atoms with Gasteiger partial charge >= 0.3 is 0 Å². The van der Waals surface area contributed by atoms with Crippen molar-refractivity contribution in [3.63, 3.8) is 0 Å². The summed E-state index contributed by atoms with van der Waals surface area (Å²) in [5, 5.41) is 2.82. The van der Waals surface area contributed by atoms with Crippen LogP contribution in [0.4, 0.5) is 4.39 Å². The maximum atomic E-state index is 13.2. The van der Waals surface area contributed by atoms with Crippen LogP contribution in [0, 0.1) is 5.82 Å². The summed E-state index contributed by atoms with van der Waals surface area (Å²) in [5.74, 6) is -0.456. The smallest absolute Gasteiger partial charge is 0.251 e. The molecule has 4 nitrogen and oxygen atoms in total. The highest BCUT2D eigenvalue weighted by Crippen LogP contribution is 2.15. The Balaban J connectivity index is 1.54. The lowest BCUT2D eigenvalue weighted by Gasteiger charge is -2.35. The standard InChI is InChI=1S/C21H25FN2O2/c1-15-12-24(13-16(2)26-15)14-17-6-8-19(9-7-17)21(25)23-11-18-4-3-5-20(22)10-18/h3-10,15-16H,11-14H2,1-2H3,(H,23,25). The number of benzene rings is 2. The van der Waals surface area contributed by atoms with Crippen LogP contribution < -0.4 is 5.32 Å². The molecule has 3 rings (SSSR count). The van der Waals surface area contributed by atoms with Crippen LogP contribution in [0.1, 0.15) is 35.3 Å². The minimum absolute atomic E-state index is 0.158. The molecule has 5 heteroatoms. The SMILES string of the molecule is CC1CN(Cc2ccc(C(=O)NCc3cccc(F)c3)cc2)CC(C)O1. The molecule has 1 aliphatic heterocycles. The Bertz CT molecular complexity index is 738. The topological polar surface area (TPSA) is 41.6 Å². The first-order valence-electron chi connectivity index (χ1n) is 8.99. The van der Waals surface area contributed by atoms with Gasteiger partial charge in [-0.15, -0.1) is 0 Å². The number of hydrogen-bond acceptors (Lipinski definition) is 3. The maximum absolute atomic E-state index is 13.2. The number of nitrogens with zero attached hydrogens (tertiary/aromatic N) is 1. The molecular formula is C21H25FN2O2. The Kier molecular flexibility index (Phi) is 6.01. The van der Waals surface area contributed by atoms with Gasteiger partial charge in [0.25, 0.3) is 5.91 Å². The van der Waals surface area contributed by atoms with Crippen LogP contribution in [0.15, 0.2) is 48.5 Å². The summed E-state index contributed by atoms with van der Waals surface area (Å²) >= 11 is 0. The number of morpholine rings is 1. The number of rotatable bonds is 5. The maximum Gasteiger partial charge on any atom is 0.251 e. The average Bonchev–Trinajstić information content (AvgIpc) is 2.59. The van der Waals surface area contributed by atoms with E-state index in [1.54, 1.807) is 12.1 Å². The van der Waals surface area contributed by atoms with Gasteiger partial charge < -0.3 is 10.1 Å². The summed E-state index contributed by atoms with van der Waals surface area (Å²) in [6.45, 7) is 7.18. The fourth-order valence-corrected chi connectivity index (χ4v) is 3.36. The van der Waals surface area contributed by atoms with Crippen molar-refractivity contribution in [3.8, 4) is 0 Å². The van der Waals surface area contributed by atoms with Crippen LogP contribution in [0.25, 0.3) is 0 Å². The molecule has 138 valence electrons. The minimum Gasteiger partial charge on any atom is -0.373 e. The Morgan fingerprint density at radius 1 is 1.12 bits per heavy atom. The van der Waals surface area contributed by atoms with Crippen LogP contribution in [-0.2, 0) is 17.8 Å². The molecule has 1 fully saturated rings. The van der Waals surface area contributed by atoms with Crippen molar-refractivity contribution < 1.29 is 13.9 Å². The van der Waals surface area contributed by atoms with E-state index in [1.807, 2.05) is 24.3 Å². The van der Waals surface area contributed by atoms with Gasteiger partial charge in [-0.3, -0.25) is 9.69 Å². The third-order valence-corrected chi connectivity index (χ3v) is 4.46. The molecule has 2 atom stereocenters. The third-order valence-electron chi connectivity index (χ3n) is 4.46. The molecule has 1 saturated heterocycles. The lowest BCUT2D eigenvalue weighted by Crippen LogP contribution is -2.44. The molecule has 1 heterocycles. The van der Waals surface area contributed by atoms with Crippen molar-refractivity contribution in [1.29, 1.82) is 0 Å². The summed E-state index contributed by atoms with van der Waals surface area (Å²) in [6, 6.07) is 13.9. The zero-order chi connectivity index (χ0) is 18.5. The van der Waals surface area contributed by atoms with Gasteiger partial charge in [0, 0.05) is 31.7 Å². The highest BCUT2D eigenvalue weighted by Gasteiger charge is 2.22. The molecule has 0 radical (unpaired) electrons. The second kappa shape index (κ2) is 8.43. The van der Waals surface area contributed by atoms with E-state index in [2.05, 4.69) is 24.1 Å². The molecule has 26 heavy (non-hydrogen) atoms. The van der Waals surface area contributed by atoms with Crippen molar-refractivity contribution in [3.05, 3.63) is 71.0 Å². The highest BCUT2D eigenvalue weighted by atomic mass is 19.1. The Morgan fingerprint density at radius 3 is 2.46 bits per heavy atom. The van der Waals surface area contributed by atoms with Gasteiger partial charge in [-0.1, -0.05) is 24.3 Å². The number of halogens is 1. The molecule has 0 bridgehead atoms. The molecular weight excluding hydrogens is 331 g/mol. The summed E-state index contributed by atoms with van der Waals surface area (Å²) < 4.78 is 18.9. The number of carbonyl (C=O) groups excluding carboxylic acids is 1. The third kappa shape index (κ3) is 5.13. The van der Waals surface area contributed by atoms with E-state index in [4.69, 9.17) is 4.74 Å². The quantitative estimate of drug-likeness (QED) is 0.893. The number of amides is 1. The molecule has 2 aromatic rings. The van der Waals surface area contributed by atoms with E-state index in [1.165, 1.54) is 17.7 Å². The fraction of sp³-hybridized carbons (Fsp3) is 0.381. The van der Waals surface area contributed by atoms with Gasteiger partial charge in [-0.05, 0) is 49.2 Å². The average molecular weight is 356 g/mol. The van der Waals surface area contributed by atoms with Gasteiger partial charge in [0.2, 0.25) is 0 Å². The molecule has 0 spiro atoms. The lowest BCUT2D eigenvalue weighted by atomic mass is 10.1. The van der Waals surface area contributed by atoms with E-state index in [-0.39, 0.29) is 23.9 Å². The fourth-order valence-electron chi connectivity index (χ4n) is 3.36. The second-order valence-corrected chi connectivity index (χ2v) is 6.96. The van der Waals surface area contributed by atoms with E-state index in [9.17, 15) is 9.18 Å². The van der Waals surface area contributed by atoms with Crippen molar-refractivity contribution >= 4 is 5.91 Å². The number of nitrogens with one attached hydrogen (secondary N) is 1. The van der Waals surface area contributed by atoms with Crippen LogP contribution in [0.3, 0.4) is 0 Å². The van der Waals surface area contributed by atoms with Crippen LogP contribution in [0.5, 0.6) is 0 Å². The van der Waals surface area contributed by atoms with Crippen molar-refractivity contribution in [2.75, 3.05) is 13.1 Å². The lowest BCUT2D eigenvalue weighted by molar-refractivity contribution is -0.0704. The molecule has 0 aliphatic carbocycles. The Morgan fingerprint density at radius 2 is 1.81 bits per heavy atom. The molecule has 0 saturated carbocycles. The van der Waals surface area contributed by atoms with Gasteiger partial charge in [0.05, 0.1) is 12.2 Å². The predicted octanol–water partition coefficient (Wildman–Crippen LogP) is 3.36. The minimum atomic E-state index is -0.298. The van der Waals surface area contributed by atoms with E-state index in [0.717, 1.165) is 25.2 Å². The van der Waals surface area contributed by atoms with E-state index >= 15 is 0 Å². The van der Waals surface area contributed by atoms with Crippen molar-refractivity contribution in [2.45, 2.75) is 39.1 Å². The normalized spacial score (nSPS) is 20.7. The number of ether oxygens (including phenoxy) is 1. The Labute approximate surface area is 154 Å². The van der Waals surface area contributed by atoms with E-state index < -0.39 is 0 Å². The number of carbonyl (C=O) groups is 1. The van der Waals surface area contributed by atoms with E-state index in [0.29, 0.717) is 12.1 Å². The van der Waals surface area contributed by atoms with Crippen molar-refractivity contribution in [1.82, 2.24) is 10.2 Å². The molecule has 2 aromatic carbocycles. The first kappa shape index (κ1) is 18.5. The first-order chi connectivity index (χ1) is 12.5. The molecule has 1 N–H and O–H groups in total. The van der Waals surface area contributed by atoms with Crippen LogP contribution >= 0.6 is 0 Å². The zero-order valence-electron chi connectivity index (χ0n) is 15.2. The van der Waals surface area contributed by atoms with Crippen LogP contribution in [-0.4, -0.2) is 36.1 Å².